The first-order chi connectivity index (χ1) is 13.1. The van der Waals surface area contributed by atoms with Gasteiger partial charge in [0.15, 0.2) is 0 Å². The van der Waals surface area contributed by atoms with Gasteiger partial charge in [0.05, 0.1) is 10.8 Å². The van der Waals surface area contributed by atoms with Crippen LogP contribution < -0.4 is 10.7 Å². The predicted octanol–water partition coefficient (Wildman–Crippen LogP) is 5.25. The normalized spacial score (nSPS) is 11.3. The average molecular weight is 376 g/mol. The molecule has 0 aliphatic carbocycles. The molecule has 0 bridgehead atoms. The molecule has 132 valence electrons. The molecule has 1 heterocycles. The fourth-order valence-electron chi connectivity index (χ4n) is 2.81. The Kier molecular flexibility index (Phi) is 4.48. The molecule has 1 aromatic heterocycles. The lowest BCUT2D eigenvalue weighted by molar-refractivity contribution is -0.111. The van der Waals surface area contributed by atoms with Crippen molar-refractivity contribution in [2.75, 3.05) is 5.32 Å². The summed E-state index contributed by atoms with van der Waals surface area (Å²) in [5, 5.41) is 4.42. The molecule has 0 saturated heterocycles. The number of halogens is 1. The van der Waals surface area contributed by atoms with Gasteiger partial charge in [-0.2, -0.15) is 0 Å². The highest BCUT2D eigenvalue weighted by molar-refractivity contribution is 6.30. The molecule has 4 aromatic rings. The van der Waals surface area contributed by atoms with Crippen LogP contribution in [0.2, 0.25) is 5.02 Å². The number of carbonyl (C=O) groups is 1. The topological polar surface area (TPSA) is 59.3 Å². The van der Waals surface area contributed by atoms with Gasteiger partial charge in [0.1, 0.15) is 11.2 Å². The van der Waals surface area contributed by atoms with Crippen molar-refractivity contribution in [3.8, 4) is 0 Å². The maximum Gasteiger partial charge on any atom is 0.248 e. The molecule has 0 radical (unpaired) electrons. The van der Waals surface area contributed by atoms with E-state index in [4.69, 9.17) is 16.0 Å². The summed E-state index contributed by atoms with van der Waals surface area (Å²) in [5.41, 5.74) is 2.27. The molecule has 0 fully saturated rings. The molecule has 4 rings (SSSR count). The molecule has 5 heteroatoms. The molecule has 3 aromatic carbocycles. The number of nitrogens with one attached hydrogen (secondary N) is 1. The first-order valence-corrected chi connectivity index (χ1v) is 8.68. The van der Waals surface area contributed by atoms with Crippen molar-refractivity contribution < 1.29 is 9.21 Å². The van der Waals surface area contributed by atoms with E-state index in [2.05, 4.69) is 5.32 Å². The number of fused-ring (bicyclic) bond motifs is 2. The molecule has 1 N–H and O–H groups in total. The lowest BCUT2D eigenvalue weighted by atomic mass is 10.1. The van der Waals surface area contributed by atoms with E-state index in [1.54, 1.807) is 54.6 Å². The zero-order valence-electron chi connectivity index (χ0n) is 14.1. The molecule has 0 atom stereocenters. The zero-order chi connectivity index (χ0) is 18.8. The van der Waals surface area contributed by atoms with Crippen molar-refractivity contribution in [2.45, 2.75) is 0 Å². The monoisotopic (exact) mass is 375 g/mol. The first kappa shape index (κ1) is 17.1. The van der Waals surface area contributed by atoms with Gasteiger partial charge in [-0.15, -0.1) is 0 Å². The largest absolute Gasteiger partial charge is 0.456 e. The summed E-state index contributed by atoms with van der Waals surface area (Å²) in [6, 6.07) is 19.2. The minimum atomic E-state index is -0.285. The van der Waals surface area contributed by atoms with Crippen molar-refractivity contribution in [1.29, 1.82) is 0 Å². The van der Waals surface area contributed by atoms with Crippen LogP contribution in [0.25, 0.3) is 28.0 Å². The fraction of sp³-hybridized carbons (Fsp3) is 0. The molecule has 27 heavy (non-hydrogen) atoms. The van der Waals surface area contributed by atoms with E-state index >= 15 is 0 Å². The number of hydrogen-bond donors (Lipinski definition) is 1. The van der Waals surface area contributed by atoms with Crippen LogP contribution in [0.3, 0.4) is 0 Å². The third kappa shape index (κ3) is 3.61. The third-order valence-electron chi connectivity index (χ3n) is 4.14. The quantitative estimate of drug-likeness (QED) is 0.393. The van der Waals surface area contributed by atoms with Gasteiger partial charge >= 0.3 is 0 Å². The Morgan fingerprint density at radius 2 is 1.67 bits per heavy atom. The summed E-state index contributed by atoms with van der Waals surface area (Å²) in [6.07, 6.45) is 3.13. The van der Waals surface area contributed by atoms with Crippen LogP contribution in [0.1, 0.15) is 5.56 Å². The molecule has 0 aliphatic heterocycles. The number of carbonyl (C=O) groups excluding carboxylic acids is 1. The van der Waals surface area contributed by atoms with E-state index in [1.165, 1.54) is 6.08 Å². The highest BCUT2D eigenvalue weighted by Crippen LogP contribution is 2.21. The smallest absolute Gasteiger partial charge is 0.248 e. The van der Waals surface area contributed by atoms with Gasteiger partial charge in [-0.25, -0.2) is 0 Å². The maximum atomic E-state index is 12.5. The summed E-state index contributed by atoms with van der Waals surface area (Å²) in [4.78, 5) is 24.7. The van der Waals surface area contributed by atoms with Crippen LogP contribution in [0, 0.1) is 0 Å². The minimum Gasteiger partial charge on any atom is -0.456 e. The van der Waals surface area contributed by atoms with Crippen LogP contribution in [0.4, 0.5) is 5.69 Å². The summed E-state index contributed by atoms with van der Waals surface area (Å²) in [5.74, 6) is -0.285. The van der Waals surface area contributed by atoms with Gasteiger partial charge in [-0.3, -0.25) is 9.59 Å². The first-order valence-electron chi connectivity index (χ1n) is 8.30. The van der Waals surface area contributed by atoms with Crippen molar-refractivity contribution in [2.24, 2.45) is 0 Å². The summed E-state index contributed by atoms with van der Waals surface area (Å²) in [6.45, 7) is 0. The van der Waals surface area contributed by atoms with E-state index in [0.29, 0.717) is 32.6 Å². The van der Waals surface area contributed by atoms with Gasteiger partial charge in [0, 0.05) is 22.9 Å². The summed E-state index contributed by atoms with van der Waals surface area (Å²) >= 11 is 5.84. The molecule has 0 spiro atoms. The standard InChI is InChI=1S/C22H14ClNO3/c23-15-8-5-14(6-9-15)7-12-21(25)24-16-10-11-18-20(13-16)27-19-4-2-1-3-17(19)22(18)26/h1-13H,(H,24,25)/b12-7+. The number of rotatable bonds is 3. The molecular formula is C22H14ClNO3. The molecule has 0 saturated carbocycles. The number of para-hydroxylation sites is 1. The van der Waals surface area contributed by atoms with Crippen LogP contribution in [-0.4, -0.2) is 5.91 Å². The zero-order valence-corrected chi connectivity index (χ0v) is 14.9. The lowest BCUT2D eigenvalue weighted by Gasteiger charge is -2.05. The van der Waals surface area contributed by atoms with Crippen LogP contribution in [0.5, 0.6) is 0 Å². The Balaban J connectivity index is 1.60. The van der Waals surface area contributed by atoms with Crippen molar-refractivity contribution >= 4 is 51.2 Å². The Hall–Kier alpha value is -3.37. The Morgan fingerprint density at radius 1 is 0.926 bits per heavy atom. The van der Waals surface area contributed by atoms with E-state index in [0.717, 1.165) is 5.56 Å². The number of benzene rings is 3. The van der Waals surface area contributed by atoms with Gasteiger partial charge in [-0.1, -0.05) is 35.9 Å². The van der Waals surface area contributed by atoms with Crippen LogP contribution in [0.15, 0.2) is 82.0 Å². The molecular weight excluding hydrogens is 362 g/mol. The Labute approximate surface area is 159 Å². The SMILES string of the molecule is O=C(/C=C/c1ccc(Cl)cc1)Nc1ccc2c(=O)c3ccccc3oc2c1. The van der Waals surface area contributed by atoms with E-state index < -0.39 is 0 Å². The fourth-order valence-corrected chi connectivity index (χ4v) is 2.93. The molecule has 1 amide bonds. The summed E-state index contributed by atoms with van der Waals surface area (Å²) in [7, 11) is 0. The van der Waals surface area contributed by atoms with Gasteiger partial charge < -0.3 is 9.73 Å². The van der Waals surface area contributed by atoms with Crippen LogP contribution >= 0.6 is 11.6 Å². The van der Waals surface area contributed by atoms with Crippen molar-refractivity contribution in [1.82, 2.24) is 0 Å². The van der Waals surface area contributed by atoms with E-state index in [9.17, 15) is 9.59 Å². The highest BCUT2D eigenvalue weighted by atomic mass is 35.5. The van der Waals surface area contributed by atoms with Crippen molar-refractivity contribution in [3.63, 3.8) is 0 Å². The second-order valence-corrected chi connectivity index (χ2v) is 6.45. The Bertz CT molecular complexity index is 1240. The van der Waals surface area contributed by atoms with Gasteiger partial charge in [-0.05, 0) is 48.0 Å². The molecule has 0 aliphatic rings. The number of amides is 1. The average Bonchev–Trinajstić information content (AvgIpc) is 2.68. The number of anilines is 1. The second kappa shape index (κ2) is 7.09. The number of hydrogen-bond acceptors (Lipinski definition) is 3. The van der Waals surface area contributed by atoms with Crippen LogP contribution in [-0.2, 0) is 4.79 Å². The Morgan fingerprint density at radius 3 is 2.48 bits per heavy atom. The van der Waals surface area contributed by atoms with Gasteiger partial charge in [0.25, 0.3) is 0 Å². The molecule has 0 unspecified atom stereocenters. The van der Waals surface area contributed by atoms with Crippen molar-refractivity contribution in [3.05, 3.63) is 93.6 Å². The minimum absolute atomic E-state index is 0.0904. The predicted molar refractivity (Wildman–Crippen MR) is 109 cm³/mol. The lowest BCUT2D eigenvalue weighted by Crippen LogP contribution is -2.08. The summed E-state index contributed by atoms with van der Waals surface area (Å²) < 4.78 is 5.81. The maximum absolute atomic E-state index is 12.5. The highest BCUT2D eigenvalue weighted by Gasteiger charge is 2.08. The van der Waals surface area contributed by atoms with E-state index in [1.807, 2.05) is 18.2 Å². The molecule has 4 nitrogen and oxygen atoms in total. The van der Waals surface area contributed by atoms with Gasteiger partial charge in [0.2, 0.25) is 11.3 Å². The van der Waals surface area contributed by atoms with E-state index in [-0.39, 0.29) is 11.3 Å². The second-order valence-electron chi connectivity index (χ2n) is 6.01. The third-order valence-corrected chi connectivity index (χ3v) is 4.39.